The second-order valence-electron chi connectivity index (χ2n) is 4.49. The SMILES string of the molecule is Cc1cc(Cl)cc2c1nc1c(c(=O)[nH]c(=O)n1C)[n+]2[O-]. The maximum absolute atomic E-state index is 12.4. The van der Waals surface area contributed by atoms with Gasteiger partial charge in [0.25, 0.3) is 0 Å². The summed E-state index contributed by atoms with van der Waals surface area (Å²) in [4.78, 5) is 29.7. The molecule has 20 heavy (non-hydrogen) atoms. The van der Waals surface area contributed by atoms with Crippen molar-refractivity contribution in [3.05, 3.63) is 48.8 Å². The van der Waals surface area contributed by atoms with Crippen LogP contribution in [0.25, 0.3) is 22.2 Å². The van der Waals surface area contributed by atoms with Crippen molar-refractivity contribution >= 4 is 33.8 Å². The predicted molar refractivity (Wildman–Crippen MR) is 73.8 cm³/mol. The van der Waals surface area contributed by atoms with Crippen molar-refractivity contribution in [1.82, 2.24) is 14.5 Å². The first-order chi connectivity index (χ1) is 9.40. The van der Waals surface area contributed by atoms with Crippen molar-refractivity contribution < 1.29 is 4.73 Å². The average Bonchev–Trinajstić information content (AvgIpc) is 2.37. The number of hydrogen-bond donors (Lipinski definition) is 1. The molecule has 0 aliphatic rings. The van der Waals surface area contributed by atoms with Crippen LogP contribution in [0.15, 0.2) is 21.7 Å². The fourth-order valence-corrected chi connectivity index (χ4v) is 2.42. The quantitative estimate of drug-likeness (QED) is 0.368. The topological polar surface area (TPSA) is 94.7 Å². The summed E-state index contributed by atoms with van der Waals surface area (Å²) in [6, 6.07) is 3.10. The van der Waals surface area contributed by atoms with E-state index < -0.39 is 11.2 Å². The highest BCUT2D eigenvalue weighted by atomic mass is 35.5. The van der Waals surface area contributed by atoms with E-state index in [1.807, 2.05) is 0 Å². The molecular weight excluding hydrogens is 284 g/mol. The van der Waals surface area contributed by atoms with Gasteiger partial charge in [-0.05, 0) is 18.6 Å². The largest absolute Gasteiger partial charge is 0.618 e. The van der Waals surface area contributed by atoms with Crippen molar-refractivity contribution in [1.29, 1.82) is 0 Å². The van der Waals surface area contributed by atoms with Crippen LogP contribution in [0, 0.1) is 12.1 Å². The molecule has 7 nitrogen and oxygen atoms in total. The molecule has 102 valence electrons. The molecule has 3 aromatic rings. The van der Waals surface area contributed by atoms with Gasteiger partial charge in [0.2, 0.25) is 11.2 Å². The van der Waals surface area contributed by atoms with Crippen LogP contribution in [0.5, 0.6) is 0 Å². The van der Waals surface area contributed by atoms with E-state index in [2.05, 4.69) is 9.97 Å². The highest BCUT2D eigenvalue weighted by Crippen LogP contribution is 2.20. The molecule has 0 aliphatic heterocycles. The van der Waals surface area contributed by atoms with Gasteiger partial charge >= 0.3 is 16.8 Å². The normalized spacial score (nSPS) is 11.3. The minimum absolute atomic E-state index is 0.0340. The summed E-state index contributed by atoms with van der Waals surface area (Å²) in [5, 5.41) is 12.7. The van der Waals surface area contributed by atoms with Gasteiger partial charge in [-0.1, -0.05) is 11.6 Å². The van der Waals surface area contributed by atoms with Crippen LogP contribution in [0.1, 0.15) is 5.56 Å². The number of nitrogens with zero attached hydrogens (tertiary/aromatic N) is 3. The second-order valence-corrected chi connectivity index (χ2v) is 4.92. The Kier molecular flexibility index (Phi) is 2.55. The van der Waals surface area contributed by atoms with Gasteiger partial charge < -0.3 is 5.21 Å². The Hall–Kier alpha value is -2.41. The zero-order valence-electron chi connectivity index (χ0n) is 10.6. The molecule has 0 saturated carbocycles. The third-order valence-electron chi connectivity index (χ3n) is 3.15. The molecule has 0 fully saturated rings. The Balaban J connectivity index is 2.72. The molecule has 0 radical (unpaired) electrons. The Morgan fingerprint density at radius 1 is 1.40 bits per heavy atom. The van der Waals surface area contributed by atoms with Crippen molar-refractivity contribution in [2.75, 3.05) is 0 Å². The smallest absolute Gasteiger partial charge is 0.330 e. The highest BCUT2D eigenvalue weighted by molar-refractivity contribution is 6.31. The lowest BCUT2D eigenvalue weighted by atomic mass is 10.2. The first-order valence-electron chi connectivity index (χ1n) is 5.72. The van der Waals surface area contributed by atoms with Gasteiger partial charge in [0.05, 0.1) is 0 Å². The van der Waals surface area contributed by atoms with Crippen molar-refractivity contribution in [3.8, 4) is 0 Å². The Morgan fingerprint density at radius 3 is 2.80 bits per heavy atom. The van der Waals surface area contributed by atoms with Crippen LogP contribution in [-0.4, -0.2) is 14.5 Å². The van der Waals surface area contributed by atoms with Gasteiger partial charge in [0.15, 0.2) is 0 Å². The summed E-state index contributed by atoms with van der Waals surface area (Å²) >= 11 is 5.92. The molecule has 2 aromatic heterocycles. The van der Waals surface area contributed by atoms with Gasteiger partial charge in [-0.2, -0.15) is 4.73 Å². The molecule has 0 aliphatic carbocycles. The number of benzene rings is 1. The minimum atomic E-state index is -0.773. The molecule has 2 heterocycles. The van der Waals surface area contributed by atoms with Crippen LogP contribution in [0.4, 0.5) is 0 Å². The fraction of sp³-hybridized carbons (Fsp3) is 0.167. The average molecular weight is 293 g/mol. The van der Waals surface area contributed by atoms with Crippen molar-refractivity contribution in [3.63, 3.8) is 0 Å². The number of halogens is 1. The fourth-order valence-electron chi connectivity index (χ4n) is 2.15. The van der Waals surface area contributed by atoms with Gasteiger partial charge in [-0.25, -0.2) is 9.78 Å². The molecule has 0 unspecified atom stereocenters. The van der Waals surface area contributed by atoms with E-state index in [9.17, 15) is 14.8 Å². The summed E-state index contributed by atoms with van der Waals surface area (Å²) in [6.07, 6.45) is 0. The number of aryl methyl sites for hydroxylation is 2. The van der Waals surface area contributed by atoms with Crippen LogP contribution in [0.3, 0.4) is 0 Å². The molecule has 0 amide bonds. The van der Waals surface area contributed by atoms with E-state index in [1.54, 1.807) is 13.0 Å². The number of rotatable bonds is 0. The van der Waals surface area contributed by atoms with Crippen molar-refractivity contribution in [2.45, 2.75) is 6.92 Å². The van der Waals surface area contributed by atoms with E-state index in [0.29, 0.717) is 20.8 Å². The molecule has 1 N–H and O–H groups in total. The number of H-pyrrole nitrogens is 1. The lowest BCUT2D eigenvalue weighted by Gasteiger charge is -2.08. The molecule has 3 rings (SSSR count). The summed E-state index contributed by atoms with van der Waals surface area (Å²) in [6.45, 7) is 1.75. The molecule has 0 spiro atoms. The summed E-state index contributed by atoms with van der Waals surface area (Å²) < 4.78 is 1.58. The molecule has 0 saturated heterocycles. The first kappa shape index (κ1) is 12.6. The molecule has 1 aromatic carbocycles. The van der Waals surface area contributed by atoms with E-state index in [0.717, 1.165) is 4.57 Å². The summed E-state index contributed by atoms with van der Waals surface area (Å²) in [7, 11) is 1.44. The van der Waals surface area contributed by atoms with Crippen LogP contribution in [-0.2, 0) is 7.05 Å². The summed E-state index contributed by atoms with van der Waals surface area (Å²) in [5.74, 6) is 0. The van der Waals surface area contributed by atoms with E-state index in [4.69, 9.17) is 11.6 Å². The number of nitrogens with one attached hydrogen (secondary N) is 1. The van der Waals surface area contributed by atoms with Gasteiger partial charge in [-0.15, -0.1) is 0 Å². The zero-order valence-corrected chi connectivity index (χ0v) is 11.4. The number of aromatic amines is 1. The van der Waals surface area contributed by atoms with Gasteiger partial charge in [-0.3, -0.25) is 14.3 Å². The van der Waals surface area contributed by atoms with E-state index in [1.165, 1.54) is 13.1 Å². The third-order valence-corrected chi connectivity index (χ3v) is 3.37. The minimum Gasteiger partial charge on any atom is -0.618 e. The number of fused-ring (bicyclic) bond motifs is 2. The van der Waals surface area contributed by atoms with Crippen LogP contribution in [0.2, 0.25) is 5.02 Å². The monoisotopic (exact) mass is 292 g/mol. The summed E-state index contributed by atoms with van der Waals surface area (Å²) in [5.41, 5.74) is -0.310. The van der Waals surface area contributed by atoms with Crippen LogP contribution >= 0.6 is 11.6 Å². The number of aromatic nitrogens is 4. The maximum Gasteiger partial charge on any atom is 0.330 e. The Morgan fingerprint density at radius 2 is 2.10 bits per heavy atom. The predicted octanol–water partition coefficient (Wildman–Crippen LogP) is 0.370. The lowest BCUT2D eigenvalue weighted by molar-refractivity contribution is -0.549. The standard InChI is InChI=1S/C12H9ClN4O3/c1-5-3-6(13)4-7-8(5)14-10-9(17(7)20)11(18)15-12(19)16(10)2/h3-4H,1-2H3,(H,15,18,19). The zero-order chi connectivity index (χ0) is 14.6. The van der Waals surface area contributed by atoms with E-state index in [-0.39, 0.29) is 16.7 Å². The third kappa shape index (κ3) is 1.60. The van der Waals surface area contributed by atoms with Gasteiger partial charge in [0.1, 0.15) is 5.52 Å². The maximum atomic E-state index is 12.4. The Bertz CT molecular complexity index is 990. The molecular formula is C12H9ClN4O3. The molecule has 0 bridgehead atoms. The van der Waals surface area contributed by atoms with E-state index >= 15 is 0 Å². The lowest BCUT2D eigenvalue weighted by Crippen LogP contribution is -2.40. The van der Waals surface area contributed by atoms with Crippen molar-refractivity contribution in [2.24, 2.45) is 7.05 Å². The van der Waals surface area contributed by atoms with Gasteiger partial charge in [0, 0.05) is 18.1 Å². The number of hydrogen-bond acceptors (Lipinski definition) is 4. The molecule has 8 heteroatoms. The van der Waals surface area contributed by atoms with Crippen LogP contribution < -0.4 is 16.0 Å². The highest BCUT2D eigenvalue weighted by Gasteiger charge is 2.20. The Labute approximate surface area is 116 Å². The molecule has 0 atom stereocenters. The second kappa shape index (κ2) is 4.04. The first-order valence-corrected chi connectivity index (χ1v) is 6.10.